The molecule has 6 nitrogen and oxygen atoms in total. The fourth-order valence-corrected chi connectivity index (χ4v) is 2.13. The Bertz CT molecular complexity index is 638. The van der Waals surface area contributed by atoms with Gasteiger partial charge in [-0.3, -0.25) is 4.79 Å². The molecular weight excluding hydrogens is 294 g/mol. The van der Waals surface area contributed by atoms with Crippen molar-refractivity contribution in [3.63, 3.8) is 0 Å². The normalized spacial score (nSPS) is 10.8. The molecule has 23 heavy (non-hydrogen) atoms. The van der Waals surface area contributed by atoms with Crippen LogP contribution in [0.4, 0.5) is 0 Å². The maximum atomic E-state index is 12.3. The van der Waals surface area contributed by atoms with Gasteiger partial charge in [-0.15, -0.1) is 0 Å². The van der Waals surface area contributed by atoms with Crippen LogP contribution in [0, 0.1) is 12.8 Å². The minimum absolute atomic E-state index is 0.131. The second kappa shape index (κ2) is 8.31. The van der Waals surface area contributed by atoms with E-state index in [0.29, 0.717) is 35.5 Å². The van der Waals surface area contributed by atoms with Gasteiger partial charge in [-0.1, -0.05) is 31.1 Å². The van der Waals surface area contributed by atoms with Gasteiger partial charge in [-0.05, 0) is 30.9 Å². The summed E-state index contributed by atoms with van der Waals surface area (Å²) in [4.78, 5) is 16.4. The summed E-state index contributed by atoms with van der Waals surface area (Å²) >= 11 is 0. The van der Waals surface area contributed by atoms with Crippen molar-refractivity contribution in [2.75, 3.05) is 6.54 Å². The van der Waals surface area contributed by atoms with Crippen molar-refractivity contribution in [2.24, 2.45) is 5.92 Å². The summed E-state index contributed by atoms with van der Waals surface area (Å²) in [6, 6.07) is 7.14. The molecule has 0 radical (unpaired) electrons. The van der Waals surface area contributed by atoms with Gasteiger partial charge in [0.05, 0.1) is 5.56 Å². The van der Waals surface area contributed by atoms with Crippen LogP contribution in [0.3, 0.4) is 0 Å². The van der Waals surface area contributed by atoms with Crippen molar-refractivity contribution in [3.05, 3.63) is 41.5 Å². The van der Waals surface area contributed by atoms with E-state index in [1.807, 2.05) is 12.1 Å². The highest BCUT2D eigenvalue weighted by molar-refractivity contribution is 5.96. The van der Waals surface area contributed by atoms with Crippen LogP contribution in [-0.2, 0) is 6.61 Å². The van der Waals surface area contributed by atoms with Crippen molar-refractivity contribution in [3.8, 4) is 5.75 Å². The monoisotopic (exact) mass is 317 g/mol. The Morgan fingerprint density at radius 2 is 2.13 bits per heavy atom. The van der Waals surface area contributed by atoms with Crippen LogP contribution in [0.2, 0.25) is 0 Å². The molecule has 0 aliphatic rings. The van der Waals surface area contributed by atoms with Crippen LogP contribution in [0.1, 0.15) is 48.8 Å². The van der Waals surface area contributed by atoms with Crippen molar-refractivity contribution >= 4 is 5.91 Å². The highest BCUT2D eigenvalue weighted by Crippen LogP contribution is 2.19. The van der Waals surface area contributed by atoms with Crippen LogP contribution < -0.4 is 10.1 Å². The molecule has 1 N–H and O–H groups in total. The maximum Gasteiger partial charge on any atom is 0.255 e. The topological polar surface area (TPSA) is 77.2 Å². The maximum absolute atomic E-state index is 12.3. The average molecular weight is 317 g/mol. The second-order valence-electron chi connectivity index (χ2n) is 5.81. The van der Waals surface area contributed by atoms with Gasteiger partial charge in [0, 0.05) is 13.5 Å². The predicted octanol–water partition coefficient (Wildman–Crippen LogP) is 3.12. The third-order valence-corrected chi connectivity index (χ3v) is 3.30. The van der Waals surface area contributed by atoms with Crippen molar-refractivity contribution < 1.29 is 14.1 Å². The predicted molar refractivity (Wildman–Crippen MR) is 86.2 cm³/mol. The molecule has 0 saturated heterocycles. The molecule has 1 aromatic heterocycles. The zero-order chi connectivity index (χ0) is 16.7. The zero-order valence-corrected chi connectivity index (χ0v) is 13.8. The van der Waals surface area contributed by atoms with Gasteiger partial charge in [0.15, 0.2) is 6.61 Å². The number of amides is 1. The lowest BCUT2D eigenvalue weighted by molar-refractivity contribution is 0.0948. The Morgan fingerprint density at radius 1 is 1.35 bits per heavy atom. The van der Waals surface area contributed by atoms with E-state index in [2.05, 4.69) is 29.3 Å². The van der Waals surface area contributed by atoms with Gasteiger partial charge in [0.2, 0.25) is 11.7 Å². The molecule has 0 fully saturated rings. The minimum Gasteiger partial charge on any atom is -0.485 e. The third-order valence-electron chi connectivity index (χ3n) is 3.30. The summed E-state index contributed by atoms with van der Waals surface area (Å²) in [6.07, 6.45) is 2.06. The van der Waals surface area contributed by atoms with Crippen LogP contribution in [0.25, 0.3) is 0 Å². The summed E-state index contributed by atoms with van der Waals surface area (Å²) < 4.78 is 10.6. The molecule has 0 unspecified atom stereocenters. The summed E-state index contributed by atoms with van der Waals surface area (Å²) in [5.74, 6) is 1.96. The van der Waals surface area contributed by atoms with Gasteiger partial charge in [-0.2, -0.15) is 4.98 Å². The highest BCUT2D eigenvalue weighted by atomic mass is 16.5. The van der Waals surface area contributed by atoms with E-state index in [0.717, 1.165) is 12.8 Å². The van der Waals surface area contributed by atoms with Gasteiger partial charge in [0.1, 0.15) is 5.75 Å². The molecule has 0 atom stereocenters. The molecule has 1 amide bonds. The molecule has 6 heteroatoms. The van der Waals surface area contributed by atoms with E-state index in [4.69, 9.17) is 9.26 Å². The molecule has 0 aliphatic heterocycles. The van der Waals surface area contributed by atoms with Crippen LogP contribution in [0.15, 0.2) is 28.8 Å². The summed E-state index contributed by atoms with van der Waals surface area (Å²) in [7, 11) is 0. The first-order valence-electron chi connectivity index (χ1n) is 7.85. The van der Waals surface area contributed by atoms with E-state index < -0.39 is 0 Å². The number of nitrogens with one attached hydrogen (secondary N) is 1. The highest BCUT2D eigenvalue weighted by Gasteiger charge is 2.13. The van der Waals surface area contributed by atoms with Gasteiger partial charge < -0.3 is 14.6 Å². The van der Waals surface area contributed by atoms with E-state index in [9.17, 15) is 4.79 Å². The first-order chi connectivity index (χ1) is 11.1. The smallest absolute Gasteiger partial charge is 0.255 e. The summed E-state index contributed by atoms with van der Waals surface area (Å²) in [5.41, 5.74) is 0.511. The average Bonchev–Trinajstić information content (AvgIpc) is 2.95. The fraction of sp³-hybridized carbons (Fsp3) is 0.471. The Labute approximate surface area is 136 Å². The Morgan fingerprint density at radius 3 is 2.83 bits per heavy atom. The summed E-state index contributed by atoms with van der Waals surface area (Å²) in [6.45, 7) is 6.88. The summed E-state index contributed by atoms with van der Waals surface area (Å²) in [5, 5.41) is 6.70. The van der Waals surface area contributed by atoms with Crippen LogP contribution in [0.5, 0.6) is 5.75 Å². The standard InChI is InChI=1S/C17H23N3O3/c1-12(2)7-6-10-18-17(21)14-8-4-5-9-15(14)22-11-16-19-13(3)23-20-16/h4-5,8-9,12H,6-7,10-11H2,1-3H3,(H,18,21). The lowest BCUT2D eigenvalue weighted by Crippen LogP contribution is -2.25. The molecule has 0 saturated carbocycles. The van der Waals surface area contributed by atoms with E-state index >= 15 is 0 Å². The molecule has 2 rings (SSSR count). The van der Waals surface area contributed by atoms with Crippen molar-refractivity contribution in [2.45, 2.75) is 40.2 Å². The SMILES string of the molecule is Cc1nc(COc2ccccc2C(=O)NCCCC(C)C)no1. The molecule has 124 valence electrons. The lowest BCUT2D eigenvalue weighted by atomic mass is 10.1. The van der Waals surface area contributed by atoms with Crippen molar-refractivity contribution in [1.82, 2.24) is 15.5 Å². The van der Waals surface area contributed by atoms with Gasteiger partial charge >= 0.3 is 0 Å². The van der Waals surface area contributed by atoms with E-state index in [1.54, 1.807) is 19.1 Å². The number of rotatable bonds is 8. The number of ether oxygens (including phenoxy) is 1. The number of aromatic nitrogens is 2. The molecule has 0 spiro atoms. The van der Waals surface area contributed by atoms with E-state index in [1.165, 1.54) is 0 Å². The van der Waals surface area contributed by atoms with Crippen LogP contribution in [-0.4, -0.2) is 22.6 Å². The molecular formula is C17H23N3O3. The zero-order valence-electron chi connectivity index (χ0n) is 13.8. The van der Waals surface area contributed by atoms with Gasteiger partial charge in [0.25, 0.3) is 5.91 Å². The number of hydrogen-bond acceptors (Lipinski definition) is 5. The largest absolute Gasteiger partial charge is 0.485 e. The van der Waals surface area contributed by atoms with Gasteiger partial charge in [-0.25, -0.2) is 0 Å². The first kappa shape index (κ1) is 17.0. The number of carbonyl (C=O) groups excluding carboxylic acids is 1. The first-order valence-corrected chi connectivity index (χ1v) is 7.85. The Hall–Kier alpha value is -2.37. The molecule has 0 bridgehead atoms. The quantitative estimate of drug-likeness (QED) is 0.757. The third kappa shape index (κ3) is 5.39. The number of nitrogens with zero attached hydrogens (tertiary/aromatic N) is 2. The second-order valence-corrected chi connectivity index (χ2v) is 5.81. The number of para-hydroxylation sites is 1. The number of carbonyl (C=O) groups is 1. The lowest BCUT2D eigenvalue weighted by Gasteiger charge is -2.11. The molecule has 1 heterocycles. The number of benzene rings is 1. The minimum atomic E-state index is -0.131. The number of hydrogen-bond donors (Lipinski definition) is 1. The Kier molecular flexibility index (Phi) is 6.14. The van der Waals surface area contributed by atoms with Crippen molar-refractivity contribution in [1.29, 1.82) is 0 Å². The molecule has 1 aromatic carbocycles. The fourth-order valence-electron chi connectivity index (χ4n) is 2.13. The molecule has 2 aromatic rings. The van der Waals surface area contributed by atoms with Crippen LogP contribution >= 0.6 is 0 Å². The Balaban J connectivity index is 1.92. The van der Waals surface area contributed by atoms with E-state index in [-0.39, 0.29) is 12.5 Å². The number of aryl methyl sites for hydroxylation is 1. The molecule has 0 aliphatic carbocycles.